The van der Waals surface area contributed by atoms with Crippen LogP contribution in [-0.2, 0) is 7.05 Å². The minimum Gasteiger partial charge on any atom is -0.365 e. The lowest BCUT2D eigenvalue weighted by Gasteiger charge is -2.30. The Hall–Kier alpha value is -2.22. The van der Waals surface area contributed by atoms with Gasteiger partial charge in [0, 0.05) is 25.3 Å². The maximum absolute atomic E-state index is 13.7. The highest BCUT2D eigenvalue weighted by Gasteiger charge is 2.25. The zero-order chi connectivity index (χ0) is 17.1. The average Bonchev–Trinajstić information content (AvgIpc) is 2.98. The summed E-state index contributed by atoms with van der Waals surface area (Å²) < 4.78 is 15.5. The monoisotopic (exact) mass is 352 g/mol. The fourth-order valence-corrected chi connectivity index (χ4v) is 3.01. The van der Waals surface area contributed by atoms with Gasteiger partial charge in [-0.2, -0.15) is 4.98 Å². The number of imidazole rings is 1. The Labute approximate surface area is 143 Å². The summed E-state index contributed by atoms with van der Waals surface area (Å²) in [5, 5.41) is 6.03. The number of halogens is 2. The number of carbonyl (C=O) groups excluding carboxylic acids is 1. The van der Waals surface area contributed by atoms with E-state index in [4.69, 9.17) is 11.6 Å². The molecule has 2 aromatic heterocycles. The summed E-state index contributed by atoms with van der Waals surface area (Å²) in [5.41, 5.74) is 0.390. The maximum Gasteiger partial charge on any atom is 0.271 e. The number of hydrogen-bond acceptors (Lipinski definition) is 5. The quantitative estimate of drug-likeness (QED) is 0.824. The van der Waals surface area contributed by atoms with Crippen molar-refractivity contribution in [1.29, 1.82) is 0 Å². The number of amides is 1. The van der Waals surface area contributed by atoms with Crippen molar-refractivity contribution >= 4 is 23.3 Å². The van der Waals surface area contributed by atoms with Crippen LogP contribution in [-0.4, -0.2) is 37.5 Å². The lowest BCUT2D eigenvalue weighted by atomic mass is 9.91. The molecule has 24 heavy (non-hydrogen) atoms. The summed E-state index contributed by atoms with van der Waals surface area (Å²) >= 11 is 5.71. The summed E-state index contributed by atoms with van der Waals surface area (Å²) in [6, 6.07) is 0.0133. The molecule has 0 spiro atoms. The number of aryl methyl sites for hydroxylation is 1. The predicted octanol–water partition coefficient (Wildman–Crippen LogP) is 2.16. The summed E-state index contributed by atoms with van der Waals surface area (Å²) in [5.74, 6) is -0.645. The highest BCUT2D eigenvalue weighted by atomic mass is 35.5. The molecule has 9 heteroatoms. The normalized spacial score (nSPS) is 20.6. The Morgan fingerprint density at radius 2 is 2.17 bits per heavy atom. The Morgan fingerprint density at radius 1 is 1.38 bits per heavy atom. The molecule has 2 atom stereocenters. The van der Waals surface area contributed by atoms with Gasteiger partial charge in [-0.1, -0.05) is 0 Å². The van der Waals surface area contributed by atoms with Crippen molar-refractivity contribution in [3.05, 3.63) is 35.5 Å². The minimum absolute atomic E-state index is 0.00489. The zero-order valence-electron chi connectivity index (χ0n) is 13.2. The van der Waals surface area contributed by atoms with Crippen molar-refractivity contribution in [2.24, 2.45) is 7.05 Å². The first kappa shape index (κ1) is 16.6. The third-order valence-electron chi connectivity index (χ3n) is 4.00. The van der Waals surface area contributed by atoms with Gasteiger partial charge in [0.1, 0.15) is 5.69 Å². The molecule has 2 N–H and O–H groups in total. The van der Waals surface area contributed by atoms with Gasteiger partial charge in [0.2, 0.25) is 5.28 Å². The van der Waals surface area contributed by atoms with E-state index in [1.165, 1.54) is 0 Å². The van der Waals surface area contributed by atoms with Crippen LogP contribution < -0.4 is 10.6 Å². The number of nitrogens with one attached hydrogen (secondary N) is 2. The van der Waals surface area contributed by atoms with Crippen LogP contribution in [0.4, 0.5) is 10.2 Å². The van der Waals surface area contributed by atoms with Crippen molar-refractivity contribution < 1.29 is 9.18 Å². The van der Waals surface area contributed by atoms with Crippen LogP contribution >= 0.6 is 11.6 Å². The van der Waals surface area contributed by atoms with Crippen molar-refractivity contribution in [3.63, 3.8) is 0 Å². The molecule has 2 aromatic rings. The number of rotatable bonds is 4. The van der Waals surface area contributed by atoms with Gasteiger partial charge in [-0.05, 0) is 37.3 Å². The molecule has 0 radical (unpaired) electrons. The first-order chi connectivity index (χ1) is 11.5. The minimum atomic E-state index is -0.543. The number of hydrogen-bond donors (Lipinski definition) is 2. The lowest BCUT2D eigenvalue weighted by molar-refractivity contribution is 0.0921. The molecule has 7 nitrogen and oxygen atoms in total. The summed E-state index contributed by atoms with van der Waals surface area (Å²) in [6.45, 7) is 0. The second-order valence-corrected chi connectivity index (χ2v) is 6.28. The second-order valence-electron chi connectivity index (χ2n) is 5.94. The molecule has 1 fully saturated rings. The first-order valence-electron chi connectivity index (χ1n) is 7.74. The Kier molecular flexibility index (Phi) is 4.94. The van der Waals surface area contributed by atoms with Gasteiger partial charge < -0.3 is 15.2 Å². The fourth-order valence-electron chi connectivity index (χ4n) is 2.88. The van der Waals surface area contributed by atoms with Crippen molar-refractivity contribution in [3.8, 4) is 0 Å². The molecule has 0 aliphatic heterocycles. The topological polar surface area (TPSA) is 84.7 Å². The van der Waals surface area contributed by atoms with Crippen LogP contribution in [0.25, 0.3) is 0 Å². The number of aromatic nitrogens is 4. The SMILES string of the molecule is Cn1cnc(C(=O)N[C@@H]2CCC[C@H](Nc3nc(Cl)ncc3F)C2)c1. The van der Waals surface area contributed by atoms with E-state index in [0.29, 0.717) is 12.1 Å². The standard InChI is InChI=1S/C15H18ClFN6O/c1-23-7-12(19-8-23)14(24)21-10-4-2-3-9(5-10)20-13-11(17)6-18-15(16)22-13/h6-10H,2-5H2,1H3,(H,21,24)(H,18,20,22)/t9-,10+/m0/s1. The molecule has 1 amide bonds. The van der Waals surface area contributed by atoms with E-state index in [1.807, 2.05) is 7.05 Å². The van der Waals surface area contributed by atoms with Crippen molar-refractivity contribution in [2.45, 2.75) is 37.8 Å². The summed E-state index contributed by atoms with van der Waals surface area (Å²) in [4.78, 5) is 23.7. The predicted molar refractivity (Wildman–Crippen MR) is 87.3 cm³/mol. The van der Waals surface area contributed by atoms with Gasteiger partial charge in [0.05, 0.1) is 12.5 Å². The van der Waals surface area contributed by atoms with Crippen LogP contribution in [0.2, 0.25) is 5.28 Å². The van der Waals surface area contributed by atoms with E-state index in [9.17, 15) is 9.18 Å². The molecule has 0 aromatic carbocycles. The molecule has 1 saturated carbocycles. The Morgan fingerprint density at radius 3 is 2.92 bits per heavy atom. The van der Waals surface area contributed by atoms with Gasteiger partial charge in [-0.25, -0.2) is 14.4 Å². The fraction of sp³-hybridized carbons (Fsp3) is 0.467. The van der Waals surface area contributed by atoms with E-state index in [2.05, 4.69) is 25.6 Å². The highest BCUT2D eigenvalue weighted by molar-refractivity contribution is 6.28. The Balaban J connectivity index is 1.60. The smallest absolute Gasteiger partial charge is 0.271 e. The third kappa shape index (κ3) is 4.00. The molecule has 3 rings (SSSR count). The molecule has 1 aliphatic rings. The molecule has 1 aliphatic carbocycles. The molecule has 0 saturated heterocycles. The van der Waals surface area contributed by atoms with E-state index in [1.54, 1.807) is 17.1 Å². The molecule has 2 heterocycles. The Bertz CT molecular complexity index is 737. The number of nitrogens with zero attached hydrogens (tertiary/aromatic N) is 4. The zero-order valence-corrected chi connectivity index (χ0v) is 13.9. The third-order valence-corrected chi connectivity index (χ3v) is 4.18. The van der Waals surface area contributed by atoms with Crippen molar-refractivity contribution in [2.75, 3.05) is 5.32 Å². The van der Waals surface area contributed by atoms with E-state index in [0.717, 1.165) is 25.5 Å². The summed E-state index contributed by atoms with van der Waals surface area (Å²) in [7, 11) is 1.81. The molecular weight excluding hydrogens is 335 g/mol. The largest absolute Gasteiger partial charge is 0.365 e. The molecule has 0 unspecified atom stereocenters. The van der Waals surface area contributed by atoms with Crippen LogP contribution in [0.5, 0.6) is 0 Å². The van der Waals surface area contributed by atoms with E-state index < -0.39 is 5.82 Å². The lowest BCUT2D eigenvalue weighted by Crippen LogP contribution is -2.42. The van der Waals surface area contributed by atoms with E-state index in [-0.39, 0.29) is 29.1 Å². The van der Waals surface area contributed by atoms with Crippen LogP contribution in [0.1, 0.15) is 36.2 Å². The highest BCUT2D eigenvalue weighted by Crippen LogP contribution is 2.23. The van der Waals surface area contributed by atoms with Crippen molar-refractivity contribution in [1.82, 2.24) is 24.8 Å². The van der Waals surface area contributed by atoms with E-state index >= 15 is 0 Å². The van der Waals surface area contributed by atoms with Crippen LogP contribution in [0.3, 0.4) is 0 Å². The molecule has 0 bridgehead atoms. The second kappa shape index (κ2) is 7.12. The summed E-state index contributed by atoms with van der Waals surface area (Å²) in [6.07, 6.45) is 7.65. The number of carbonyl (C=O) groups is 1. The van der Waals surface area contributed by atoms with Crippen LogP contribution in [0, 0.1) is 5.82 Å². The first-order valence-corrected chi connectivity index (χ1v) is 8.12. The number of anilines is 1. The van der Waals surface area contributed by atoms with Gasteiger partial charge in [-0.15, -0.1) is 0 Å². The molecule has 128 valence electrons. The van der Waals surface area contributed by atoms with Gasteiger partial charge >= 0.3 is 0 Å². The average molecular weight is 353 g/mol. The van der Waals surface area contributed by atoms with Gasteiger partial charge in [0.15, 0.2) is 11.6 Å². The van der Waals surface area contributed by atoms with Gasteiger partial charge in [0.25, 0.3) is 5.91 Å². The van der Waals surface area contributed by atoms with Crippen LogP contribution in [0.15, 0.2) is 18.7 Å². The van der Waals surface area contributed by atoms with Gasteiger partial charge in [-0.3, -0.25) is 4.79 Å². The maximum atomic E-state index is 13.7. The molecular formula is C15H18ClFN6O.